The number of hydrogen-bond acceptors (Lipinski definition) is 0. The highest BCUT2D eigenvalue weighted by Gasteiger charge is 2.18. The molecule has 0 N–H and O–H groups in total. The Balaban J connectivity index is 2.42. The summed E-state index contributed by atoms with van der Waals surface area (Å²) in [7, 11) is 0. The van der Waals surface area contributed by atoms with Gasteiger partial charge in [0.05, 0.1) is 0 Å². The standard InChI is InChI=1S/C15H16/c1-10-8-11(2)14-7-6-12-4-3-5-13(9-10)15(12)14/h6-9H,3-5H2,1-2H3. The largest absolute Gasteiger partial charge is 0.0578 e. The van der Waals surface area contributed by atoms with Crippen LogP contribution in [0.25, 0.3) is 11.1 Å². The Bertz CT molecular complexity index is 494. The lowest BCUT2D eigenvalue weighted by atomic mass is 9.90. The van der Waals surface area contributed by atoms with E-state index >= 15 is 0 Å². The first-order valence-electron chi connectivity index (χ1n) is 5.77. The van der Waals surface area contributed by atoms with Crippen LogP contribution in [0.5, 0.6) is 0 Å². The van der Waals surface area contributed by atoms with Gasteiger partial charge in [0, 0.05) is 0 Å². The topological polar surface area (TPSA) is 0 Å². The molecule has 0 aliphatic heterocycles. The first kappa shape index (κ1) is 8.96. The lowest BCUT2D eigenvalue weighted by Crippen LogP contribution is -1.99. The Morgan fingerprint density at radius 1 is 0.933 bits per heavy atom. The van der Waals surface area contributed by atoms with E-state index in [0.717, 1.165) is 0 Å². The number of aryl methyl sites for hydroxylation is 4. The second kappa shape index (κ2) is 3.10. The second-order valence-electron chi connectivity index (χ2n) is 4.74. The third-order valence-electron chi connectivity index (χ3n) is 3.53. The van der Waals surface area contributed by atoms with Crippen molar-refractivity contribution < 1.29 is 0 Å². The highest BCUT2D eigenvalue weighted by atomic mass is 14.2. The van der Waals surface area contributed by atoms with Gasteiger partial charge >= 0.3 is 0 Å². The molecule has 3 rings (SSSR count). The molecule has 0 aromatic carbocycles. The molecule has 3 aliphatic carbocycles. The predicted molar refractivity (Wildman–Crippen MR) is 64.6 cm³/mol. The normalized spacial score (nSPS) is 14.5. The van der Waals surface area contributed by atoms with Crippen molar-refractivity contribution in [2.24, 2.45) is 0 Å². The summed E-state index contributed by atoms with van der Waals surface area (Å²) in [5.74, 6) is 0. The molecule has 0 fully saturated rings. The van der Waals surface area contributed by atoms with E-state index in [0.29, 0.717) is 0 Å². The molecular weight excluding hydrogens is 180 g/mol. The molecule has 0 heteroatoms. The molecule has 0 heterocycles. The summed E-state index contributed by atoms with van der Waals surface area (Å²) in [5.41, 5.74) is 8.94. The minimum absolute atomic E-state index is 1.25. The molecule has 0 saturated heterocycles. The first-order chi connectivity index (χ1) is 7.25. The Kier molecular flexibility index (Phi) is 1.85. The van der Waals surface area contributed by atoms with Gasteiger partial charge in [-0.1, -0.05) is 29.8 Å². The molecule has 76 valence electrons. The van der Waals surface area contributed by atoms with E-state index in [9.17, 15) is 0 Å². The van der Waals surface area contributed by atoms with Crippen LogP contribution in [0.15, 0.2) is 24.3 Å². The van der Waals surface area contributed by atoms with E-state index in [2.05, 4.69) is 38.1 Å². The van der Waals surface area contributed by atoms with Crippen molar-refractivity contribution in [3.05, 3.63) is 46.5 Å². The third kappa shape index (κ3) is 1.28. The highest BCUT2D eigenvalue weighted by Crippen LogP contribution is 2.38. The van der Waals surface area contributed by atoms with Gasteiger partial charge in [-0.3, -0.25) is 0 Å². The van der Waals surface area contributed by atoms with Crippen LogP contribution in [0.2, 0.25) is 0 Å². The monoisotopic (exact) mass is 196 g/mol. The first-order valence-corrected chi connectivity index (χ1v) is 5.77. The van der Waals surface area contributed by atoms with Crippen LogP contribution >= 0.6 is 0 Å². The summed E-state index contributed by atoms with van der Waals surface area (Å²) in [6, 6.07) is 9.29. The molecule has 0 bridgehead atoms. The highest BCUT2D eigenvalue weighted by molar-refractivity contribution is 5.77. The minimum atomic E-state index is 1.25. The molecule has 0 nitrogen and oxygen atoms in total. The van der Waals surface area contributed by atoms with Crippen LogP contribution < -0.4 is 0 Å². The van der Waals surface area contributed by atoms with Gasteiger partial charge in [0.25, 0.3) is 0 Å². The minimum Gasteiger partial charge on any atom is -0.0578 e. The van der Waals surface area contributed by atoms with E-state index in [4.69, 9.17) is 0 Å². The van der Waals surface area contributed by atoms with Gasteiger partial charge in [0.15, 0.2) is 0 Å². The zero-order valence-electron chi connectivity index (χ0n) is 9.43. The number of hydrogen-bond donors (Lipinski definition) is 0. The molecule has 0 unspecified atom stereocenters. The van der Waals surface area contributed by atoms with E-state index in [1.54, 1.807) is 16.7 Å². The summed E-state index contributed by atoms with van der Waals surface area (Å²) in [4.78, 5) is 0. The average Bonchev–Trinajstić information content (AvgIpc) is 2.56. The van der Waals surface area contributed by atoms with Gasteiger partial charge in [-0.05, 0) is 60.9 Å². The van der Waals surface area contributed by atoms with Gasteiger partial charge in [-0.15, -0.1) is 0 Å². The summed E-state index contributed by atoms with van der Waals surface area (Å²) in [6.07, 6.45) is 3.83. The summed E-state index contributed by atoms with van der Waals surface area (Å²) < 4.78 is 0. The van der Waals surface area contributed by atoms with Crippen LogP contribution in [0.4, 0.5) is 0 Å². The smallest absolute Gasteiger partial charge is 0.0117 e. The maximum Gasteiger partial charge on any atom is -0.0117 e. The fourth-order valence-corrected chi connectivity index (χ4v) is 2.91. The van der Waals surface area contributed by atoms with E-state index in [1.807, 2.05) is 0 Å². The second-order valence-corrected chi connectivity index (χ2v) is 4.74. The molecule has 0 aromatic heterocycles. The summed E-state index contributed by atoms with van der Waals surface area (Å²) in [5, 5.41) is 0. The number of rotatable bonds is 0. The van der Waals surface area contributed by atoms with E-state index < -0.39 is 0 Å². The van der Waals surface area contributed by atoms with Crippen molar-refractivity contribution in [3.8, 4) is 11.1 Å². The van der Waals surface area contributed by atoms with Crippen LogP contribution in [-0.2, 0) is 12.8 Å². The van der Waals surface area contributed by atoms with Crippen molar-refractivity contribution in [1.29, 1.82) is 0 Å². The maximum absolute atomic E-state index is 2.37. The van der Waals surface area contributed by atoms with E-state index in [1.165, 1.54) is 36.0 Å². The third-order valence-corrected chi connectivity index (χ3v) is 3.53. The molecule has 15 heavy (non-hydrogen) atoms. The maximum atomic E-state index is 2.37. The zero-order valence-corrected chi connectivity index (χ0v) is 9.43. The van der Waals surface area contributed by atoms with Crippen LogP contribution in [-0.4, -0.2) is 0 Å². The molecule has 0 spiro atoms. The molecule has 0 atom stereocenters. The van der Waals surface area contributed by atoms with Gasteiger partial charge in [-0.2, -0.15) is 0 Å². The molecular formula is C15H16. The molecule has 0 saturated carbocycles. The lowest BCUT2D eigenvalue weighted by molar-refractivity contribution is 0.800. The van der Waals surface area contributed by atoms with Crippen molar-refractivity contribution in [2.75, 3.05) is 0 Å². The van der Waals surface area contributed by atoms with Crippen molar-refractivity contribution in [1.82, 2.24) is 0 Å². The van der Waals surface area contributed by atoms with Gasteiger partial charge < -0.3 is 0 Å². The predicted octanol–water partition coefficient (Wildman–Crippen LogP) is 3.90. The van der Waals surface area contributed by atoms with Crippen molar-refractivity contribution in [2.45, 2.75) is 33.1 Å². The zero-order chi connectivity index (χ0) is 10.4. The van der Waals surface area contributed by atoms with Gasteiger partial charge in [0.2, 0.25) is 0 Å². The van der Waals surface area contributed by atoms with Crippen LogP contribution in [0.3, 0.4) is 0 Å². The summed E-state index contributed by atoms with van der Waals surface area (Å²) >= 11 is 0. The van der Waals surface area contributed by atoms with Crippen molar-refractivity contribution >= 4 is 0 Å². The molecule has 0 radical (unpaired) electrons. The molecule has 0 amide bonds. The summed E-state index contributed by atoms with van der Waals surface area (Å²) in [6.45, 7) is 4.43. The SMILES string of the molecule is Cc1cc(C)c2ccc3c-2c(c1)CCC3. The fourth-order valence-electron chi connectivity index (χ4n) is 2.91. The van der Waals surface area contributed by atoms with Gasteiger partial charge in [-0.25, -0.2) is 0 Å². The lowest BCUT2D eigenvalue weighted by Gasteiger charge is -2.14. The Hall–Kier alpha value is -1.30. The Labute approximate surface area is 91.3 Å². The fraction of sp³-hybridized carbons (Fsp3) is 0.333. The molecule has 0 aromatic rings. The van der Waals surface area contributed by atoms with Crippen LogP contribution in [0, 0.1) is 13.8 Å². The quantitative estimate of drug-likeness (QED) is 0.599. The van der Waals surface area contributed by atoms with Crippen LogP contribution in [0.1, 0.15) is 28.7 Å². The van der Waals surface area contributed by atoms with Crippen molar-refractivity contribution in [3.63, 3.8) is 0 Å². The average molecular weight is 196 g/mol. The Morgan fingerprint density at radius 2 is 1.73 bits per heavy atom. The van der Waals surface area contributed by atoms with E-state index in [-0.39, 0.29) is 0 Å². The van der Waals surface area contributed by atoms with Gasteiger partial charge in [0.1, 0.15) is 0 Å². The molecule has 3 aliphatic rings. The Morgan fingerprint density at radius 3 is 2.60 bits per heavy atom.